The molecule has 0 radical (unpaired) electrons. The van der Waals surface area contributed by atoms with Gasteiger partial charge in [-0.2, -0.15) is 0 Å². The first kappa shape index (κ1) is 30.9. The molecule has 238 valence electrons. The summed E-state index contributed by atoms with van der Waals surface area (Å²) in [5.41, 5.74) is -2.82. The van der Waals surface area contributed by atoms with Crippen molar-refractivity contribution < 1.29 is 44.9 Å². The maximum Gasteiger partial charge on any atom is 0.179 e. The Morgan fingerprint density at radius 2 is 1.76 bits per heavy atom. The zero-order chi connectivity index (χ0) is 30.3. The quantitative estimate of drug-likeness (QED) is 0.230. The van der Waals surface area contributed by atoms with Gasteiger partial charge in [-0.05, 0) is 84.3 Å². The summed E-state index contributed by atoms with van der Waals surface area (Å²) in [6.07, 6.45) is -0.718. The van der Waals surface area contributed by atoms with Crippen LogP contribution in [0.5, 0.6) is 0 Å². The van der Waals surface area contributed by atoms with Gasteiger partial charge in [0.15, 0.2) is 5.78 Å². The van der Waals surface area contributed by atoms with Crippen LogP contribution in [0.15, 0.2) is 11.3 Å². The first-order chi connectivity index (χ1) is 19.8. The molecule has 6 aliphatic rings. The highest BCUT2D eigenvalue weighted by atomic mass is 16.7. The first-order valence-electron chi connectivity index (χ1n) is 15.8. The molecule has 0 bridgehead atoms. The summed E-state index contributed by atoms with van der Waals surface area (Å²) in [6.45, 7) is 4.21. The number of carbonyl (C=O) groups is 1. The predicted molar refractivity (Wildman–Crippen MR) is 151 cm³/mol. The molecule has 5 aliphatic carbocycles. The average Bonchev–Trinajstić information content (AvgIpc) is 3.38. The minimum absolute atomic E-state index is 0.0199. The molecule has 7 N–H and O–H groups in total. The second kappa shape index (κ2) is 11.0. The molecular weight excluding hydrogens is 544 g/mol. The number of aliphatic hydroxyl groups is 6. The molecule has 1 saturated heterocycles. The average molecular weight is 595 g/mol. The molecule has 0 aromatic heterocycles. The van der Waals surface area contributed by atoms with Crippen molar-refractivity contribution in [2.45, 2.75) is 113 Å². The van der Waals surface area contributed by atoms with Crippen molar-refractivity contribution >= 4 is 5.78 Å². The molecular formula is C31H50N2O9. The highest BCUT2D eigenvalue weighted by Crippen LogP contribution is 2.62. The molecule has 0 aromatic carbocycles. The number of hydrogen-bond acceptors (Lipinski definition) is 11. The van der Waals surface area contributed by atoms with E-state index in [1.807, 2.05) is 14.1 Å². The lowest BCUT2D eigenvalue weighted by Gasteiger charge is -2.64. The second-order valence-electron chi connectivity index (χ2n) is 14.8. The zero-order valence-electron chi connectivity index (χ0n) is 25.2. The first-order valence-corrected chi connectivity index (χ1v) is 15.8. The third kappa shape index (κ3) is 4.61. The summed E-state index contributed by atoms with van der Waals surface area (Å²) in [6, 6.07) is -0.515. The predicted octanol–water partition coefficient (Wildman–Crippen LogP) is 0.0781. The lowest BCUT2D eigenvalue weighted by atomic mass is 9.45. The third-order valence-electron chi connectivity index (χ3n) is 12.2. The minimum atomic E-state index is -2.09. The molecule has 4 saturated carbocycles. The minimum Gasteiger partial charge on any atom is -0.511 e. The monoisotopic (exact) mass is 594 g/mol. The van der Waals surface area contributed by atoms with Crippen LogP contribution in [-0.2, 0) is 14.3 Å². The molecule has 0 spiro atoms. The molecule has 0 amide bonds. The maximum absolute atomic E-state index is 14.0. The van der Waals surface area contributed by atoms with E-state index in [-0.39, 0.29) is 48.0 Å². The van der Waals surface area contributed by atoms with E-state index in [2.05, 4.69) is 10.2 Å². The van der Waals surface area contributed by atoms with E-state index in [1.165, 1.54) is 6.92 Å². The number of ether oxygens (including phenoxy) is 2. The summed E-state index contributed by atoms with van der Waals surface area (Å²) in [5.74, 6) is -2.49. The molecule has 5 fully saturated rings. The van der Waals surface area contributed by atoms with E-state index in [0.29, 0.717) is 44.1 Å². The van der Waals surface area contributed by atoms with Crippen LogP contribution in [0, 0.1) is 35.0 Å². The van der Waals surface area contributed by atoms with Crippen LogP contribution in [0.4, 0.5) is 0 Å². The van der Waals surface area contributed by atoms with Crippen molar-refractivity contribution in [3.05, 3.63) is 11.3 Å². The smallest absolute Gasteiger partial charge is 0.179 e. The normalized spacial score (nSPS) is 51.5. The molecule has 15 atom stereocenters. The van der Waals surface area contributed by atoms with Crippen molar-refractivity contribution in [1.82, 2.24) is 10.2 Å². The fraction of sp³-hybridized carbons (Fsp3) is 0.903. The van der Waals surface area contributed by atoms with E-state index in [0.717, 1.165) is 19.3 Å². The maximum atomic E-state index is 14.0. The van der Waals surface area contributed by atoms with Crippen molar-refractivity contribution in [2.24, 2.45) is 35.0 Å². The van der Waals surface area contributed by atoms with Crippen molar-refractivity contribution in [1.29, 1.82) is 0 Å². The number of ketones is 1. The number of Topliss-reactive ketones (excluding diaryl/α,β-unsaturated/α-hetero) is 1. The van der Waals surface area contributed by atoms with Crippen LogP contribution in [0.25, 0.3) is 0 Å². The van der Waals surface area contributed by atoms with E-state index in [9.17, 15) is 35.4 Å². The van der Waals surface area contributed by atoms with Gasteiger partial charge < -0.3 is 50.3 Å². The van der Waals surface area contributed by atoms with Gasteiger partial charge in [-0.25, -0.2) is 0 Å². The number of hydrogen-bond donors (Lipinski definition) is 7. The Morgan fingerprint density at radius 3 is 2.45 bits per heavy atom. The number of aliphatic hydroxyl groups excluding tert-OH is 5. The fourth-order valence-corrected chi connectivity index (χ4v) is 10.0. The van der Waals surface area contributed by atoms with Crippen LogP contribution in [0.3, 0.4) is 0 Å². The highest BCUT2D eigenvalue weighted by Gasteiger charge is 2.70. The molecule has 12 unspecified atom stereocenters. The van der Waals surface area contributed by atoms with E-state index < -0.39 is 53.3 Å². The van der Waals surface area contributed by atoms with Crippen molar-refractivity contribution in [2.75, 3.05) is 27.4 Å². The summed E-state index contributed by atoms with van der Waals surface area (Å²) < 4.78 is 11.4. The Hall–Kier alpha value is -1.15. The standard InChI is InChI=1S/C31H50N2O9/c1-14(34)23-20(35)11-30(2)10-16-8-17-19(33(3)4)9-18(32-12-15-5-6-21-22(7-15)42-13-41-21)26(36)25(17)27(37)24(16)29(39)31(30,40)28(23)38/h14-24,28-29,32,34-35,37-40H,5-13H2,1-4H3/t14?,15?,16-,17?,18?,19?,20?,21?,22?,23?,24?,28?,29?,30-,31+/m0/s1. The van der Waals surface area contributed by atoms with Crippen LogP contribution in [-0.4, -0.2) is 123 Å². The van der Waals surface area contributed by atoms with E-state index >= 15 is 0 Å². The molecule has 6 rings (SSSR count). The third-order valence-corrected chi connectivity index (χ3v) is 12.2. The summed E-state index contributed by atoms with van der Waals surface area (Å²) >= 11 is 0. The number of fused-ring (bicyclic) bond motifs is 4. The summed E-state index contributed by atoms with van der Waals surface area (Å²) in [7, 11) is 3.97. The molecule has 11 heteroatoms. The summed E-state index contributed by atoms with van der Waals surface area (Å²) in [4.78, 5) is 16.1. The Kier molecular flexibility index (Phi) is 8.10. The zero-order valence-corrected chi connectivity index (χ0v) is 25.2. The van der Waals surface area contributed by atoms with Crippen LogP contribution >= 0.6 is 0 Å². The Labute approximate surface area is 247 Å². The topological polar surface area (TPSA) is 172 Å². The van der Waals surface area contributed by atoms with Crippen LogP contribution < -0.4 is 5.32 Å². The second-order valence-corrected chi connectivity index (χ2v) is 14.8. The molecule has 11 nitrogen and oxygen atoms in total. The van der Waals surface area contributed by atoms with E-state index in [1.54, 1.807) is 6.92 Å². The van der Waals surface area contributed by atoms with Crippen molar-refractivity contribution in [3.63, 3.8) is 0 Å². The van der Waals surface area contributed by atoms with Gasteiger partial charge in [0.05, 0.1) is 42.7 Å². The molecule has 42 heavy (non-hydrogen) atoms. The van der Waals surface area contributed by atoms with Gasteiger partial charge in [0, 0.05) is 34.8 Å². The number of nitrogens with zero attached hydrogens (tertiary/aromatic N) is 1. The number of carbonyl (C=O) groups excluding carboxylic acids is 1. The van der Waals surface area contributed by atoms with Gasteiger partial charge in [0.25, 0.3) is 0 Å². The fourth-order valence-electron chi connectivity index (χ4n) is 10.0. The number of rotatable bonds is 5. The Morgan fingerprint density at radius 1 is 1.05 bits per heavy atom. The van der Waals surface area contributed by atoms with Gasteiger partial charge in [-0.15, -0.1) is 0 Å². The molecule has 1 heterocycles. The van der Waals surface area contributed by atoms with Gasteiger partial charge in [-0.3, -0.25) is 4.79 Å². The van der Waals surface area contributed by atoms with Crippen molar-refractivity contribution in [3.8, 4) is 0 Å². The largest absolute Gasteiger partial charge is 0.511 e. The van der Waals surface area contributed by atoms with E-state index in [4.69, 9.17) is 9.47 Å². The summed E-state index contributed by atoms with van der Waals surface area (Å²) in [5, 5.41) is 71.7. The van der Waals surface area contributed by atoms with Gasteiger partial charge in [-0.1, -0.05) is 6.92 Å². The number of nitrogens with one attached hydrogen (secondary N) is 1. The lowest BCUT2D eigenvalue weighted by molar-refractivity contribution is -0.305. The van der Waals surface area contributed by atoms with Gasteiger partial charge in [0.1, 0.15) is 18.2 Å². The molecule has 0 aromatic rings. The lowest BCUT2D eigenvalue weighted by Crippen LogP contribution is -2.75. The Bertz CT molecular complexity index is 1080. The highest BCUT2D eigenvalue weighted by molar-refractivity contribution is 6.01. The van der Waals surface area contributed by atoms with Crippen LogP contribution in [0.2, 0.25) is 0 Å². The van der Waals surface area contributed by atoms with Crippen LogP contribution in [0.1, 0.15) is 58.8 Å². The van der Waals surface area contributed by atoms with Gasteiger partial charge >= 0.3 is 0 Å². The Balaban J connectivity index is 1.28. The SMILES string of the molecule is CC(O)C1C(O)C[C@]2(C)C[C@@H]3CC4C(=C(O)C3C(O)[C@]2(O)C1O)C(=O)C(NCC1CCC2OCOC2C1)CC4N(C)C. The van der Waals surface area contributed by atoms with Gasteiger partial charge in [0.2, 0.25) is 0 Å². The molecule has 1 aliphatic heterocycles.